The van der Waals surface area contributed by atoms with Crippen molar-refractivity contribution in [2.75, 3.05) is 21.3 Å². The number of hydrogen-bond donors (Lipinski definition) is 0. The van der Waals surface area contributed by atoms with Gasteiger partial charge in [0, 0.05) is 14.2 Å². The van der Waals surface area contributed by atoms with Crippen molar-refractivity contribution in [3.05, 3.63) is 0 Å². The topological polar surface area (TPSA) is 44.8 Å². The molecule has 0 saturated carbocycles. The fourth-order valence-electron chi connectivity index (χ4n) is 0.789. The zero-order valence-corrected chi connectivity index (χ0v) is 8.18. The van der Waals surface area contributed by atoms with Crippen LogP contribution < -0.4 is 0 Å². The number of ether oxygens (including phenoxy) is 2. The summed E-state index contributed by atoms with van der Waals surface area (Å²) in [5.41, 5.74) is -1.08. The second kappa shape index (κ2) is 4.78. The second-order valence-electron chi connectivity index (χ2n) is 1.91. The summed E-state index contributed by atoms with van der Waals surface area (Å²) >= 11 is 0. The molecular weight excluding hydrogens is 167 g/mol. The van der Waals surface area contributed by atoms with Crippen LogP contribution in [0.15, 0.2) is 0 Å². The van der Waals surface area contributed by atoms with Crippen LogP contribution in [-0.4, -0.2) is 26.9 Å². The van der Waals surface area contributed by atoms with Gasteiger partial charge >= 0.3 is 13.6 Å². The van der Waals surface area contributed by atoms with Gasteiger partial charge < -0.3 is 9.47 Å². The van der Waals surface area contributed by atoms with E-state index in [9.17, 15) is 4.57 Å². The molecule has 0 fully saturated rings. The molecule has 0 N–H and O–H groups in total. The molecule has 11 heavy (non-hydrogen) atoms. The molecule has 1 atom stereocenters. The maximum Gasteiger partial charge on any atom is 0.575 e. The quantitative estimate of drug-likeness (QED) is 0.478. The third-order valence-electron chi connectivity index (χ3n) is 1.53. The highest BCUT2D eigenvalue weighted by molar-refractivity contribution is 7.40. The minimum Gasteiger partial charge on any atom is -0.311 e. The largest absolute Gasteiger partial charge is 0.575 e. The van der Waals surface area contributed by atoms with Gasteiger partial charge in [-0.3, -0.25) is 0 Å². The maximum atomic E-state index is 11.2. The van der Waals surface area contributed by atoms with Gasteiger partial charge in [-0.15, -0.1) is 4.52 Å². The Balaban J connectivity index is 4.39. The predicted molar refractivity (Wildman–Crippen MR) is 41.7 cm³/mol. The molecule has 0 bridgehead atoms. The molecule has 0 aromatic carbocycles. The van der Waals surface area contributed by atoms with Gasteiger partial charge in [0.15, 0.2) is 0 Å². The van der Waals surface area contributed by atoms with E-state index in [1.165, 1.54) is 21.3 Å². The van der Waals surface area contributed by atoms with Crippen LogP contribution in [0.25, 0.3) is 0 Å². The summed E-state index contributed by atoms with van der Waals surface area (Å²) in [5, 5.41) is 0. The Morgan fingerprint density at radius 2 is 1.73 bits per heavy atom. The van der Waals surface area contributed by atoms with Gasteiger partial charge in [0.25, 0.3) is 0 Å². The molecule has 0 saturated heterocycles. The first-order valence-electron chi connectivity index (χ1n) is 3.28. The molecular formula is C6H14O4P+. The maximum absolute atomic E-state index is 11.2. The van der Waals surface area contributed by atoms with Gasteiger partial charge in [-0.25, -0.2) is 0 Å². The number of rotatable bonds is 5. The van der Waals surface area contributed by atoms with Crippen molar-refractivity contribution in [3.63, 3.8) is 0 Å². The van der Waals surface area contributed by atoms with Gasteiger partial charge in [-0.1, -0.05) is 6.92 Å². The second-order valence-corrected chi connectivity index (χ2v) is 3.47. The summed E-state index contributed by atoms with van der Waals surface area (Å²) in [6.45, 7) is 1.82. The third-order valence-corrected chi connectivity index (χ3v) is 3.10. The Morgan fingerprint density at radius 3 is 1.82 bits per heavy atom. The smallest absolute Gasteiger partial charge is 0.311 e. The van der Waals surface area contributed by atoms with Crippen LogP contribution in [0, 0.1) is 0 Å². The van der Waals surface area contributed by atoms with Gasteiger partial charge in [0.1, 0.15) is 0 Å². The molecule has 0 aliphatic heterocycles. The Kier molecular flexibility index (Phi) is 4.77. The first-order chi connectivity index (χ1) is 5.16. The molecule has 66 valence electrons. The summed E-state index contributed by atoms with van der Waals surface area (Å²) in [6, 6.07) is 0. The highest BCUT2D eigenvalue weighted by Crippen LogP contribution is 2.42. The molecule has 0 rings (SSSR count). The fraction of sp³-hybridized carbons (Fsp3) is 1.00. The van der Waals surface area contributed by atoms with Crippen molar-refractivity contribution in [1.29, 1.82) is 0 Å². The zero-order valence-electron chi connectivity index (χ0n) is 7.29. The van der Waals surface area contributed by atoms with Gasteiger partial charge in [0.2, 0.25) is 0 Å². The van der Waals surface area contributed by atoms with Crippen molar-refractivity contribution in [2.45, 2.75) is 18.9 Å². The van der Waals surface area contributed by atoms with Gasteiger partial charge in [0.05, 0.1) is 13.5 Å². The zero-order chi connectivity index (χ0) is 8.91. The van der Waals surface area contributed by atoms with E-state index in [0.29, 0.717) is 6.42 Å². The van der Waals surface area contributed by atoms with E-state index in [1.807, 2.05) is 6.92 Å². The summed E-state index contributed by atoms with van der Waals surface area (Å²) in [5.74, 6) is 0. The lowest BCUT2D eigenvalue weighted by molar-refractivity contribution is -0.147. The Morgan fingerprint density at radius 1 is 1.27 bits per heavy atom. The van der Waals surface area contributed by atoms with Crippen molar-refractivity contribution in [3.8, 4) is 0 Å². The van der Waals surface area contributed by atoms with E-state index >= 15 is 0 Å². The molecule has 0 amide bonds. The van der Waals surface area contributed by atoms with Crippen LogP contribution in [0.3, 0.4) is 0 Å². The average molecular weight is 181 g/mol. The number of methoxy groups -OCH3 is 2. The van der Waals surface area contributed by atoms with Crippen LogP contribution in [0.1, 0.15) is 13.3 Å². The van der Waals surface area contributed by atoms with E-state index in [1.54, 1.807) is 0 Å². The van der Waals surface area contributed by atoms with Crippen molar-refractivity contribution in [1.82, 2.24) is 0 Å². The molecule has 0 aromatic heterocycles. The van der Waals surface area contributed by atoms with Crippen LogP contribution in [0.4, 0.5) is 0 Å². The molecule has 0 spiro atoms. The summed E-state index contributed by atoms with van der Waals surface area (Å²) in [4.78, 5) is 0. The minimum absolute atomic E-state index is 0.489. The molecule has 0 aliphatic carbocycles. The van der Waals surface area contributed by atoms with E-state index < -0.39 is 13.6 Å². The average Bonchev–Trinajstić information content (AvgIpc) is 2.08. The normalized spacial score (nSPS) is 13.3. The summed E-state index contributed by atoms with van der Waals surface area (Å²) < 4.78 is 25.8. The fourth-order valence-corrected chi connectivity index (χ4v) is 1.62. The van der Waals surface area contributed by atoms with Crippen molar-refractivity contribution < 1.29 is 18.6 Å². The highest BCUT2D eigenvalue weighted by Gasteiger charge is 2.51. The van der Waals surface area contributed by atoms with Gasteiger partial charge in [-0.05, 0) is 4.57 Å². The van der Waals surface area contributed by atoms with Crippen LogP contribution >= 0.6 is 8.03 Å². The molecule has 0 radical (unpaired) electrons. The first-order valence-corrected chi connectivity index (χ1v) is 4.46. The Bertz CT molecular complexity index is 124. The monoisotopic (exact) mass is 181 g/mol. The van der Waals surface area contributed by atoms with Crippen molar-refractivity contribution in [2.24, 2.45) is 0 Å². The van der Waals surface area contributed by atoms with Crippen molar-refractivity contribution >= 4 is 8.03 Å². The van der Waals surface area contributed by atoms with E-state index in [-0.39, 0.29) is 0 Å². The SMILES string of the molecule is CCC(OC)(OC)[P+](=O)OC. The highest BCUT2D eigenvalue weighted by atomic mass is 31.1. The lowest BCUT2D eigenvalue weighted by Gasteiger charge is -2.15. The predicted octanol–water partition coefficient (Wildman–Crippen LogP) is 1.73. The summed E-state index contributed by atoms with van der Waals surface area (Å²) in [6.07, 6.45) is 0.489. The molecule has 5 heteroatoms. The van der Waals surface area contributed by atoms with E-state index in [4.69, 9.17) is 9.47 Å². The third kappa shape index (κ3) is 2.20. The minimum atomic E-state index is -1.92. The Hall–Kier alpha value is -0.0200. The first kappa shape index (κ1) is 11.0. The lowest BCUT2D eigenvalue weighted by Crippen LogP contribution is -2.28. The number of hydrogen-bond acceptors (Lipinski definition) is 4. The lowest BCUT2D eigenvalue weighted by atomic mass is 10.5. The van der Waals surface area contributed by atoms with Crippen LogP contribution in [-0.2, 0) is 18.6 Å². The van der Waals surface area contributed by atoms with E-state index in [0.717, 1.165) is 0 Å². The molecule has 1 unspecified atom stereocenters. The van der Waals surface area contributed by atoms with Gasteiger partial charge in [-0.2, -0.15) is 0 Å². The molecule has 4 nitrogen and oxygen atoms in total. The van der Waals surface area contributed by atoms with Crippen LogP contribution in [0.5, 0.6) is 0 Å². The van der Waals surface area contributed by atoms with Crippen LogP contribution in [0.2, 0.25) is 0 Å². The molecule has 0 heterocycles. The Labute approximate surface area is 67.7 Å². The molecule has 0 aliphatic rings. The summed E-state index contributed by atoms with van der Waals surface area (Å²) in [7, 11) is 2.33. The standard InChI is InChI=1S/C6H14O4P/c1-5-6(8-2,9-3)11(7)10-4/h5H2,1-4H3/q+1. The van der Waals surface area contributed by atoms with E-state index in [2.05, 4.69) is 4.52 Å². The molecule has 0 aromatic rings.